The molecule has 1 aromatic rings. The van der Waals surface area contributed by atoms with Crippen LogP contribution in [0.3, 0.4) is 0 Å². The molecule has 3 rings (SSSR count). The molecule has 24 heavy (non-hydrogen) atoms. The molecule has 5 heteroatoms. The second-order valence-electron chi connectivity index (χ2n) is 7.16. The molecule has 1 saturated carbocycles. The quantitative estimate of drug-likeness (QED) is 0.835. The summed E-state index contributed by atoms with van der Waals surface area (Å²) in [5.74, 6) is 0.491. The highest BCUT2D eigenvalue weighted by Gasteiger charge is 2.35. The highest BCUT2D eigenvalue weighted by Crippen LogP contribution is 2.32. The molecule has 0 N–H and O–H groups in total. The Hall–Kier alpha value is -1.62. The third-order valence-corrected chi connectivity index (χ3v) is 6.40. The molecule has 1 fully saturated rings. The normalized spacial score (nSPS) is 23.0. The van der Waals surface area contributed by atoms with Crippen LogP contribution >= 0.6 is 0 Å². The molecule has 0 unspecified atom stereocenters. The van der Waals surface area contributed by atoms with E-state index in [0.29, 0.717) is 5.92 Å². The molecular formula is C19H25NO3S. The monoisotopic (exact) mass is 347 g/mol. The molecule has 1 aliphatic heterocycles. The number of rotatable bonds is 4. The van der Waals surface area contributed by atoms with Crippen molar-refractivity contribution in [3.8, 4) is 0 Å². The molecular weight excluding hydrogens is 322 g/mol. The number of sulfone groups is 1. The number of carbonyl (C=O) groups is 1. The number of nitrogens with zero attached hydrogens (tertiary/aromatic N) is 1. The summed E-state index contributed by atoms with van der Waals surface area (Å²) in [5.41, 5.74) is 2.00. The van der Waals surface area contributed by atoms with Gasteiger partial charge in [-0.05, 0) is 42.5 Å². The number of hydrogen-bond donors (Lipinski definition) is 0. The van der Waals surface area contributed by atoms with Gasteiger partial charge in [-0.3, -0.25) is 4.79 Å². The molecule has 1 aliphatic carbocycles. The van der Waals surface area contributed by atoms with E-state index in [1.165, 1.54) is 11.0 Å². The van der Waals surface area contributed by atoms with Gasteiger partial charge in [0.15, 0.2) is 9.84 Å². The zero-order chi connectivity index (χ0) is 17.3. The van der Waals surface area contributed by atoms with E-state index in [1.807, 2.05) is 24.3 Å². The van der Waals surface area contributed by atoms with Crippen LogP contribution in [0.2, 0.25) is 0 Å². The first-order chi connectivity index (χ1) is 11.4. The van der Waals surface area contributed by atoms with Crippen LogP contribution in [-0.4, -0.2) is 26.1 Å². The minimum atomic E-state index is -3.20. The third kappa shape index (κ3) is 3.56. The van der Waals surface area contributed by atoms with Gasteiger partial charge in [-0.15, -0.1) is 0 Å². The van der Waals surface area contributed by atoms with Gasteiger partial charge in [-0.2, -0.15) is 0 Å². The molecule has 130 valence electrons. The van der Waals surface area contributed by atoms with E-state index < -0.39 is 15.9 Å². The van der Waals surface area contributed by atoms with Crippen molar-refractivity contribution >= 4 is 21.4 Å². The van der Waals surface area contributed by atoms with Crippen LogP contribution in [0.4, 0.5) is 5.69 Å². The maximum atomic E-state index is 13.1. The molecule has 4 nitrogen and oxygen atoms in total. The summed E-state index contributed by atoms with van der Waals surface area (Å²) in [6, 6.07) is 7.56. The molecule has 1 heterocycles. The second kappa shape index (κ2) is 6.71. The fourth-order valence-corrected chi connectivity index (χ4v) is 4.86. The Morgan fingerprint density at radius 2 is 1.75 bits per heavy atom. The van der Waals surface area contributed by atoms with E-state index in [4.69, 9.17) is 0 Å². The number of amides is 1. The minimum absolute atomic E-state index is 0.0165. The number of hydrogen-bond acceptors (Lipinski definition) is 3. The first-order valence-corrected chi connectivity index (χ1v) is 10.4. The van der Waals surface area contributed by atoms with Crippen LogP contribution in [-0.2, 0) is 14.6 Å². The summed E-state index contributed by atoms with van der Waals surface area (Å²) in [5, 5.41) is 1.25. The van der Waals surface area contributed by atoms with Gasteiger partial charge in [0, 0.05) is 17.0 Å². The lowest BCUT2D eigenvalue weighted by Crippen LogP contribution is -2.44. The Bertz CT molecular complexity index is 728. The standard InChI is InChI=1S/C19H25NO3S/c1-14(2)15-7-9-17(10-8-15)20(18-11-12-24(22,23)13-18)19(21)16-5-3-4-6-16/h7-12,14,16,18H,3-6,13H2,1-2H3/t18-/m0/s1. The summed E-state index contributed by atoms with van der Waals surface area (Å²) >= 11 is 0. The van der Waals surface area contributed by atoms with Crippen LogP contribution in [0.5, 0.6) is 0 Å². The van der Waals surface area contributed by atoms with Gasteiger partial charge in [-0.25, -0.2) is 8.42 Å². The number of benzene rings is 1. The second-order valence-corrected chi connectivity index (χ2v) is 9.09. The Balaban J connectivity index is 1.92. The van der Waals surface area contributed by atoms with Gasteiger partial charge >= 0.3 is 0 Å². The molecule has 0 radical (unpaired) electrons. The van der Waals surface area contributed by atoms with Crippen LogP contribution in [0.15, 0.2) is 35.7 Å². The van der Waals surface area contributed by atoms with Crippen molar-refractivity contribution in [3.63, 3.8) is 0 Å². The zero-order valence-electron chi connectivity index (χ0n) is 14.3. The van der Waals surface area contributed by atoms with Crippen LogP contribution in [0.25, 0.3) is 0 Å². The van der Waals surface area contributed by atoms with Crippen molar-refractivity contribution in [2.24, 2.45) is 5.92 Å². The SMILES string of the molecule is CC(C)c1ccc(N(C(=O)C2CCCC2)[C@H]2C=CS(=O)(=O)C2)cc1. The highest BCUT2D eigenvalue weighted by molar-refractivity contribution is 7.94. The lowest BCUT2D eigenvalue weighted by Gasteiger charge is -2.30. The number of anilines is 1. The third-order valence-electron chi connectivity index (χ3n) is 5.02. The molecule has 0 saturated heterocycles. The molecule has 0 bridgehead atoms. The lowest BCUT2D eigenvalue weighted by atomic mass is 10.0. The van der Waals surface area contributed by atoms with E-state index in [2.05, 4.69) is 13.8 Å². The smallest absolute Gasteiger partial charge is 0.230 e. The zero-order valence-corrected chi connectivity index (χ0v) is 15.1. The summed E-state index contributed by atoms with van der Waals surface area (Å²) in [6.45, 7) is 4.26. The topological polar surface area (TPSA) is 54.5 Å². The minimum Gasteiger partial charge on any atom is -0.304 e. The summed E-state index contributed by atoms with van der Waals surface area (Å²) < 4.78 is 23.7. The van der Waals surface area contributed by atoms with E-state index in [0.717, 1.165) is 31.4 Å². The van der Waals surface area contributed by atoms with Crippen LogP contribution < -0.4 is 4.90 Å². The Labute approximate surface area is 144 Å². The van der Waals surface area contributed by atoms with Gasteiger partial charge < -0.3 is 4.90 Å². The molecule has 1 aromatic carbocycles. The van der Waals surface area contributed by atoms with Gasteiger partial charge in [0.2, 0.25) is 5.91 Å². The predicted molar refractivity (Wildman–Crippen MR) is 96.7 cm³/mol. The van der Waals surface area contributed by atoms with Gasteiger partial charge in [0.25, 0.3) is 0 Å². The van der Waals surface area contributed by atoms with Gasteiger partial charge in [0.1, 0.15) is 0 Å². The first-order valence-electron chi connectivity index (χ1n) is 8.71. The Morgan fingerprint density at radius 3 is 2.25 bits per heavy atom. The van der Waals surface area contributed by atoms with Crippen molar-refractivity contribution in [3.05, 3.63) is 41.3 Å². The summed E-state index contributed by atoms with van der Waals surface area (Å²) in [7, 11) is -3.20. The molecule has 1 atom stereocenters. The van der Waals surface area contributed by atoms with Crippen molar-refractivity contribution in [2.75, 3.05) is 10.7 Å². The van der Waals surface area contributed by atoms with Crippen LogP contribution in [0, 0.1) is 5.92 Å². The Kier molecular flexibility index (Phi) is 4.81. The average molecular weight is 347 g/mol. The summed E-state index contributed by atoms with van der Waals surface area (Å²) in [6.07, 6.45) is 5.62. The first kappa shape index (κ1) is 17.2. The van der Waals surface area contributed by atoms with E-state index in [1.54, 1.807) is 11.0 Å². The molecule has 2 aliphatic rings. The van der Waals surface area contributed by atoms with E-state index in [9.17, 15) is 13.2 Å². The predicted octanol–water partition coefficient (Wildman–Crippen LogP) is 3.64. The fourth-order valence-electron chi connectivity index (χ4n) is 3.59. The molecule has 0 spiro atoms. The van der Waals surface area contributed by atoms with Crippen molar-refractivity contribution in [2.45, 2.75) is 51.5 Å². The highest BCUT2D eigenvalue weighted by atomic mass is 32.2. The Morgan fingerprint density at radius 1 is 1.12 bits per heavy atom. The van der Waals surface area contributed by atoms with Gasteiger partial charge in [0.05, 0.1) is 11.8 Å². The van der Waals surface area contributed by atoms with Crippen molar-refractivity contribution in [1.29, 1.82) is 0 Å². The maximum Gasteiger partial charge on any atom is 0.230 e. The molecule has 0 aromatic heterocycles. The fraction of sp³-hybridized carbons (Fsp3) is 0.526. The average Bonchev–Trinajstić information content (AvgIpc) is 3.18. The van der Waals surface area contributed by atoms with E-state index >= 15 is 0 Å². The largest absolute Gasteiger partial charge is 0.304 e. The molecule has 1 amide bonds. The summed E-state index contributed by atoms with van der Waals surface area (Å²) in [4.78, 5) is 14.8. The van der Waals surface area contributed by atoms with Gasteiger partial charge in [-0.1, -0.05) is 38.8 Å². The number of carbonyl (C=O) groups excluding carboxylic acids is 1. The van der Waals surface area contributed by atoms with Crippen LogP contribution in [0.1, 0.15) is 51.0 Å². The lowest BCUT2D eigenvalue weighted by molar-refractivity contribution is -0.122. The maximum absolute atomic E-state index is 13.1. The van der Waals surface area contributed by atoms with Crippen molar-refractivity contribution in [1.82, 2.24) is 0 Å². The van der Waals surface area contributed by atoms with Crippen molar-refractivity contribution < 1.29 is 13.2 Å². The van der Waals surface area contributed by atoms with E-state index in [-0.39, 0.29) is 17.6 Å².